The number of hydrogen-bond acceptors (Lipinski definition) is 5. The number of benzene rings is 2. The highest BCUT2D eigenvalue weighted by Gasteiger charge is 2.39. The van der Waals surface area contributed by atoms with Gasteiger partial charge in [-0.2, -0.15) is 0 Å². The van der Waals surface area contributed by atoms with Crippen molar-refractivity contribution in [3.05, 3.63) is 70.1 Å². The van der Waals surface area contributed by atoms with Crippen molar-refractivity contribution in [2.45, 2.75) is 45.7 Å². The smallest absolute Gasteiger partial charge is 0.321 e. The Morgan fingerprint density at radius 1 is 1.24 bits per heavy atom. The van der Waals surface area contributed by atoms with Gasteiger partial charge in [-0.3, -0.25) is 14.6 Å². The standard InChI is InChI=1S/C25H27ClFN3O4/c1-4-18(25(2,3)22(28)24(33)34)14-9-16-20(19(27)10-14)29-12-17(21(16)31)23(32)30-11-13-5-7-15(26)8-6-13/h5-10,12,18,22H,4,11,28H2,1-3H3,(H,29,31)(H,30,32)(H,33,34). The minimum atomic E-state index is -1.19. The molecule has 0 saturated carbocycles. The number of nitrogens with one attached hydrogen (secondary N) is 1. The van der Waals surface area contributed by atoms with Crippen molar-refractivity contribution in [1.82, 2.24) is 10.3 Å². The highest BCUT2D eigenvalue weighted by molar-refractivity contribution is 6.30. The molecule has 5 N–H and O–H groups in total. The van der Waals surface area contributed by atoms with Gasteiger partial charge in [0.15, 0.2) is 0 Å². The van der Waals surface area contributed by atoms with E-state index in [-0.39, 0.29) is 23.0 Å². The Labute approximate surface area is 201 Å². The van der Waals surface area contributed by atoms with Crippen molar-refractivity contribution in [2.24, 2.45) is 11.1 Å². The largest absolute Gasteiger partial charge is 0.506 e. The number of carbonyl (C=O) groups is 2. The number of nitrogens with zero attached hydrogens (tertiary/aromatic N) is 1. The molecule has 7 nitrogen and oxygen atoms in total. The third-order valence-electron chi connectivity index (χ3n) is 6.31. The monoisotopic (exact) mass is 487 g/mol. The predicted molar refractivity (Wildman–Crippen MR) is 128 cm³/mol. The first-order valence-corrected chi connectivity index (χ1v) is 11.2. The van der Waals surface area contributed by atoms with Crippen LogP contribution in [-0.4, -0.2) is 33.1 Å². The zero-order chi connectivity index (χ0) is 25.2. The van der Waals surface area contributed by atoms with Crippen LogP contribution in [0.2, 0.25) is 5.02 Å². The van der Waals surface area contributed by atoms with Crippen molar-refractivity contribution in [3.63, 3.8) is 0 Å². The van der Waals surface area contributed by atoms with Crippen LogP contribution in [0.25, 0.3) is 10.9 Å². The molecule has 180 valence electrons. The van der Waals surface area contributed by atoms with Gasteiger partial charge in [-0.1, -0.05) is 44.5 Å². The summed E-state index contributed by atoms with van der Waals surface area (Å²) in [5.74, 6) is -3.26. The van der Waals surface area contributed by atoms with Gasteiger partial charge >= 0.3 is 5.97 Å². The number of carboxylic acid groups (broad SMARTS) is 1. The van der Waals surface area contributed by atoms with E-state index in [1.54, 1.807) is 44.2 Å². The van der Waals surface area contributed by atoms with Gasteiger partial charge in [-0.25, -0.2) is 4.39 Å². The number of carbonyl (C=O) groups excluding carboxylic acids is 1. The second kappa shape index (κ2) is 9.95. The minimum Gasteiger partial charge on any atom is -0.506 e. The molecule has 0 radical (unpaired) electrons. The average molecular weight is 488 g/mol. The number of amides is 1. The van der Waals surface area contributed by atoms with Gasteiger partial charge in [0.2, 0.25) is 0 Å². The van der Waals surface area contributed by atoms with Gasteiger partial charge < -0.3 is 21.3 Å². The summed E-state index contributed by atoms with van der Waals surface area (Å²) in [6, 6.07) is 8.55. The number of aromatic nitrogens is 1. The van der Waals surface area contributed by atoms with Gasteiger partial charge in [0.25, 0.3) is 5.91 Å². The summed E-state index contributed by atoms with van der Waals surface area (Å²) in [7, 11) is 0. The second-order valence-electron chi connectivity index (χ2n) is 8.83. The van der Waals surface area contributed by atoms with Crippen LogP contribution in [0.3, 0.4) is 0 Å². The fraction of sp³-hybridized carbons (Fsp3) is 0.320. The zero-order valence-corrected chi connectivity index (χ0v) is 19.9. The zero-order valence-electron chi connectivity index (χ0n) is 19.1. The van der Waals surface area contributed by atoms with E-state index < -0.39 is 40.8 Å². The Kier molecular flexibility index (Phi) is 7.43. The lowest BCUT2D eigenvalue weighted by atomic mass is 9.69. The van der Waals surface area contributed by atoms with Crippen LogP contribution in [0, 0.1) is 11.2 Å². The highest BCUT2D eigenvalue weighted by Crippen LogP contribution is 2.42. The van der Waals surface area contributed by atoms with Crippen LogP contribution in [0.1, 0.15) is 54.6 Å². The third-order valence-corrected chi connectivity index (χ3v) is 6.56. The van der Waals surface area contributed by atoms with E-state index in [9.17, 15) is 24.2 Å². The number of halogens is 2. The summed E-state index contributed by atoms with van der Waals surface area (Å²) in [6.45, 7) is 5.46. The van der Waals surface area contributed by atoms with E-state index in [1.807, 2.05) is 6.92 Å². The van der Waals surface area contributed by atoms with Crippen LogP contribution in [0.4, 0.5) is 4.39 Å². The molecule has 0 saturated heterocycles. The first-order chi connectivity index (χ1) is 16.0. The molecule has 0 aliphatic heterocycles. The van der Waals surface area contributed by atoms with Gasteiger partial charge in [-0.05, 0) is 53.1 Å². The Morgan fingerprint density at radius 2 is 1.88 bits per heavy atom. The lowest BCUT2D eigenvalue weighted by Gasteiger charge is -2.37. The van der Waals surface area contributed by atoms with Crippen molar-refractivity contribution < 1.29 is 24.2 Å². The molecule has 2 atom stereocenters. The number of aliphatic carboxylic acids is 1. The number of pyridine rings is 1. The highest BCUT2D eigenvalue weighted by atomic mass is 35.5. The molecule has 1 aromatic heterocycles. The summed E-state index contributed by atoms with van der Waals surface area (Å²) in [6.07, 6.45) is 1.60. The molecular weight excluding hydrogens is 461 g/mol. The minimum absolute atomic E-state index is 0.0623. The molecule has 3 aromatic rings. The van der Waals surface area contributed by atoms with Gasteiger partial charge in [0.1, 0.15) is 28.7 Å². The van der Waals surface area contributed by atoms with Crippen LogP contribution in [0.5, 0.6) is 5.75 Å². The first kappa shape index (κ1) is 25.4. The number of fused-ring (bicyclic) bond motifs is 1. The quantitative estimate of drug-likeness (QED) is 0.368. The molecule has 3 rings (SSSR count). The maximum absolute atomic E-state index is 15.0. The average Bonchev–Trinajstić information content (AvgIpc) is 2.79. The number of nitrogens with two attached hydrogens (primary N) is 1. The van der Waals surface area contributed by atoms with Crippen LogP contribution in [-0.2, 0) is 11.3 Å². The molecule has 34 heavy (non-hydrogen) atoms. The van der Waals surface area contributed by atoms with Crippen LogP contribution < -0.4 is 11.1 Å². The van der Waals surface area contributed by atoms with Gasteiger partial charge in [0, 0.05) is 23.2 Å². The Hall–Kier alpha value is -3.23. The van der Waals surface area contributed by atoms with Gasteiger partial charge in [0.05, 0.1) is 0 Å². The Balaban J connectivity index is 1.98. The number of aromatic hydroxyl groups is 1. The van der Waals surface area contributed by atoms with Crippen molar-refractivity contribution >= 4 is 34.4 Å². The summed E-state index contributed by atoms with van der Waals surface area (Å²) < 4.78 is 15.0. The van der Waals surface area contributed by atoms with Crippen LogP contribution >= 0.6 is 11.6 Å². The van der Waals surface area contributed by atoms with Crippen molar-refractivity contribution in [2.75, 3.05) is 0 Å². The van der Waals surface area contributed by atoms with E-state index >= 15 is 0 Å². The van der Waals surface area contributed by atoms with E-state index in [4.69, 9.17) is 17.3 Å². The van der Waals surface area contributed by atoms with Crippen LogP contribution in [0.15, 0.2) is 42.6 Å². The van der Waals surface area contributed by atoms with Crippen molar-refractivity contribution in [3.8, 4) is 5.75 Å². The molecule has 0 fully saturated rings. The molecule has 0 aliphatic carbocycles. The summed E-state index contributed by atoms with van der Waals surface area (Å²) in [4.78, 5) is 28.3. The maximum Gasteiger partial charge on any atom is 0.321 e. The number of hydrogen-bond donors (Lipinski definition) is 4. The van der Waals surface area contributed by atoms with E-state index in [2.05, 4.69) is 10.3 Å². The molecule has 0 aliphatic rings. The Bertz CT molecular complexity index is 1230. The fourth-order valence-corrected chi connectivity index (χ4v) is 4.37. The maximum atomic E-state index is 15.0. The summed E-state index contributed by atoms with van der Waals surface area (Å²) in [5, 5.41) is 23.6. The molecule has 1 amide bonds. The lowest BCUT2D eigenvalue weighted by molar-refractivity contribution is -0.141. The molecular formula is C25H27ClFN3O4. The van der Waals surface area contributed by atoms with Gasteiger partial charge in [-0.15, -0.1) is 0 Å². The molecule has 2 unspecified atom stereocenters. The van der Waals surface area contributed by atoms with Crippen molar-refractivity contribution in [1.29, 1.82) is 0 Å². The first-order valence-electron chi connectivity index (χ1n) is 10.8. The normalized spacial score (nSPS) is 13.5. The molecule has 2 aromatic carbocycles. The van der Waals surface area contributed by atoms with E-state index in [0.717, 1.165) is 11.8 Å². The lowest BCUT2D eigenvalue weighted by Crippen LogP contribution is -2.47. The van der Waals surface area contributed by atoms with E-state index in [1.165, 1.54) is 6.07 Å². The topological polar surface area (TPSA) is 126 Å². The second-order valence-corrected chi connectivity index (χ2v) is 9.26. The number of rotatable bonds is 8. The predicted octanol–water partition coefficient (Wildman–Crippen LogP) is 4.59. The van der Waals surface area contributed by atoms with E-state index in [0.29, 0.717) is 17.0 Å². The summed E-state index contributed by atoms with van der Waals surface area (Å²) >= 11 is 5.87. The third kappa shape index (κ3) is 4.98. The number of carboxylic acids is 1. The SMILES string of the molecule is CCC(c1cc(F)c2ncc(C(=O)NCc3ccc(Cl)cc3)c(O)c2c1)C(C)(C)C(N)C(=O)O. The Morgan fingerprint density at radius 3 is 2.47 bits per heavy atom. The fourth-order valence-electron chi connectivity index (χ4n) is 4.24. The molecule has 0 spiro atoms. The molecule has 9 heteroatoms. The molecule has 1 heterocycles. The molecule has 0 bridgehead atoms. The summed E-state index contributed by atoms with van der Waals surface area (Å²) in [5.41, 5.74) is 6.08.